The van der Waals surface area contributed by atoms with E-state index < -0.39 is 0 Å². The SMILES string of the molecule is CCCCC1BC(=O)C2=CCCCC21. The molecule has 1 aliphatic carbocycles. The molecule has 0 aromatic heterocycles. The molecule has 14 heavy (non-hydrogen) atoms. The van der Waals surface area contributed by atoms with Gasteiger partial charge in [0.2, 0.25) is 7.28 Å². The van der Waals surface area contributed by atoms with Crippen molar-refractivity contribution in [2.75, 3.05) is 0 Å². The summed E-state index contributed by atoms with van der Waals surface area (Å²) in [4.78, 5) is 11.7. The van der Waals surface area contributed by atoms with Crippen LogP contribution in [0.3, 0.4) is 0 Å². The molecule has 2 heteroatoms. The Morgan fingerprint density at radius 1 is 1.57 bits per heavy atom. The fourth-order valence-electron chi connectivity index (χ4n) is 2.98. The van der Waals surface area contributed by atoms with Gasteiger partial charge in [-0.15, -0.1) is 0 Å². The maximum atomic E-state index is 11.7. The van der Waals surface area contributed by atoms with Crippen LogP contribution in [0.1, 0.15) is 45.4 Å². The summed E-state index contributed by atoms with van der Waals surface area (Å²) in [5, 5.41) is 0. The van der Waals surface area contributed by atoms with Crippen LogP contribution in [-0.2, 0) is 4.79 Å². The Hall–Kier alpha value is -0.525. The van der Waals surface area contributed by atoms with Gasteiger partial charge in [0.25, 0.3) is 0 Å². The van der Waals surface area contributed by atoms with Gasteiger partial charge in [0.1, 0.15) is 5.68 Å². The van der Waals surface area contributed by atoms with E-state index in [1.54, 1.807) is 0 Å². The average molecular weight is 190 g/mol. The third kappa shape index (κ3) is 1.80. The zero-order valence-electron chi connectivity index (χ0n) is 9.09. The molecule has 1 saturated heterocycles. The normalized spacial score (nSPS) is 30.9. The van der Waals surface area contributed by atoms with Gasteiger partial charge in [-0.05, 0) is 30.8 Å². The summed E-state index contributed by atoms with van der Waals surface area (Å²) >= 11 is 0. The number of carbonyl (C=O) groups is 1. The van der Waals surface area contributed by atoms with Crippen molar-refractivity contribution in [3.8, 4) is 0 Å². The summed E-state index contributed by atoms with van der Waals surface area (Å²) in [5.41, 5.74) is 1.65. The number of hydrogen-bond donors (Lipinski definition) is 0. The molecule has 0 aromatic carbocycles. The van der Waals surface area contributed by atoms with E-state index in [2.05, 4.69) is 13.0 Å². The van der Waals surface area contributed by atoms with Crippen LogP contribution in [0.15, 0.2) is 11.6 Å². The topological polar surface area (TPSA) is 17.1 Å². The van der Waals surface area contributed by atoms with Gasteiger partial charge in [0.15, 0.2) is 0 Å². The van der Waals surface area contributed by atoms with Gasteiger partial charge in [-0.1, -0.05) is 38.1 Å². The fraction of sp³-hybridized carbons (Fsp3) is 0.750. The number of fused-ring (bicyclic) bond motifs is 1. The summed E-state index contributed by atoms with van der Waals surface area (Å²) in [6, 6.07) is 0. The molecule has 2 rings (SSSR count). The van der Waals surface area contributed by atoms with E-state index >= 15 is 0 Å². The van der Waals surface area contributed by atoms with Crippen molar-refractivity contribution in [1.82, 2.24) is 0 Å². The number of unbranched alkanes of at least 4 members (excludes halogenated alkanes) is 1. The summed E-state index contributed by atoms with van der Waals surface area (Å²) in [7, 11) is 0.844. The van der Waals surface area contributed by atoms with Crippen LogP contribution < -0.4 is 0 Å². The Labute approximate surface area is 87.2 Å². The Morgan fingerprint density at radius 3 is 3.21 bits per heavy atom. The van der Waals surface area contributed by atoms with Crippen molar-refractivity contribution in [2.24, 2.45) is 5.92 Å². The van der Waals surface area contributed by atoms with Crippen LogP contribution in [0, 0.1) is 5.92 Å². The summed E-state index contributed by atoms with van der Waals surface area (Å²) in [6.45, 7) is 2.23. The molecule has 0 amide bonds. The highest BCUT2D eigenvalue weighted by Crippen LogP contribution is 2.42. The van der Waals surface area contributed by atoms with E-state index in [-0.39, 0.29) is 0 Å². The minimum Gasteiger partial charge on any atom is -0.307 e. The lowest BCUT2D eigenvalue weighted by Crippen LogP contribution is -2.09. The lowest BCUT2D eigenvalue weighted by atomic mass is 9.62. The highest BCUT2D eigenvalue weighted by Gasteiger charge is 2.38. The van der Waals surface area contributed by atoms with Crippen LogP contribution in [0.25, 0.3) is 0 Å². The second kappa shape index (κ2) is 4.33. The Bertz CT molecular complexity index is 257. The number of rotatable bonds is 3. The molecular formula is C12H19BO. The standard InChI is InChI=1S/C12H19BO/c1-2-3-8-11-9-6-4-5-7-10(9)12(14)13-11/h7,9,11,13H,2-6,8H2,1H3. The molecule has 0 radical (unpaired) electrons. The molecule has 2 aliphatic rings. The van der Waals surface area contributed by atoms with Crippen LogP contribution in [0.2, 0.25) is 5.82 Å². The highest BCUT2D eigenvalue weighted by atomic mass is 16.1. The third-order valence-electron chi connectivity index (χ3n) is 3.75. The maximum Gasteiger partial charge on any atom is 0.215 e. The van der Waals surface area contributed by atoms with Crippen molar-refractivity contribution in [2.45, 2.75) is 51.3 Å². The Morgan fingerprint density at radius 2 is 2.43 bits per heavy atom. The molecule has 2 atom stereocenters. The predicted molar refractivity (Wildman–Crippen MR) is 60.9 cm³/mol. The fourth-order valence-corrected chi connectivity index (χ4v) is 2.98. The van der Waals surface area contributed by atoms with Crippen LogP contribution in [0.5, 0.6) is 0 Å². The molecule has 0 spiro atoms. The average Bonchev–Trinajstić information content (AvgIpc) is 2.54. The van der Waals surface area contributed by atoms with E-state index in [0.29, 0.717) is 17.4 Å². The van der Waals surface area contributed by atoms with Crippen LogP contribution in [0.4, 0.5) is 0 Å². The van der Waals surface area contributed by atoms with Crippen LogP contribution >= 0.6 is 0 Å². The van der Waals surface area contributed by atoms with Crippen molar-refractivity contribution in [3.05, 3.63) is 11.6 Å². The minimum absolute atomic E-state index is 0.454. The first-order valence-corrected chi connectivity index (χ1v) is 6.06. The lowest BCUT2D eigenvalue weighted by molar-refractivity contribution is -0.108. The molecule has 2 unspecified atom stereocenters. The monoisotopic (exact) mass is 190 g/mol. The van der Waals surface area contributed by atoms with Crippen molar-refractivity contribution in [1.29, 1.82) is 0 Å². The van der Waals surface area contributed by atoms with E-state index in [1.807, 2.05) is 0 Å². The van der Waals surface area contributed by atoms with Gasteiger partial charge >= 0.3 is 0 Å². The summed E-state index contributed by atoms with van der Waals surface area (Å²) in [5.74, 6) is 1.33. The molecule has 1 fully saturated rings. The molecule has 0 N–H and O–H groups in total. The molecule has 0 saturated carbocycles. The van der Waals surface area contributed by atoms with E-state index in [9.17, 15) is 4.79 Å². The van der Waals surface area contributed by atoms with Gasteiger partial charge in [0.05, 0.1) is 0 Å². The molecule has 76 valence electrons. The molecule has 1 nitrogen and oxygen atoms in total. The van der Waals surface area contributed by atoms with E-state index in [1.165, 1.54) is 37.7 Å². The summed E-state index contributed by atoms with van der Waals surface area (Å²) < 4.78 is 0. The number of allylic oxidation sites excluding steroid dienone is 2. The molecular weight excluding hydrogens is 171 g/mol. The van der Waals surface area contributed by atoms with E-state index in [4.69, 9.17) is 0 Å². The predicted octanol–water partition coefficient (Wildman–Crippen LogP) is 2.67. The Balaban J connectivity index is 2.04. The second-order valence-electron chi connectivity index (χ2n) is 4.73. The quantitative estimate of drug-likeness (QED) is 0.625. The summed E-state index contributed by atoms with van der Waals surface area (Å²) in [6.07, 6.45) is 9.74. The van der Waals surface area contributed by atoms with Gasteiger partial charge in [-0.25, -0.2) is 0 Å². The first kappa shape index (κ1) is 10.0. The number of carbonyl (C=O) groups excluding carboxylic acids is 1. The molecule has 0 bridgehead atoms. The lowest BCUT2D eigenvalue weighted by Gasteiger charge is -2.22. The minimum atomic E-state index is 0.454. The second-order valence-corrected chi connectivity index (χ2v) is 4.73. The van der Waals surface area contributed by atoms with Gasteiger partial charge < -0.3 is 4.79 Å². The highest BCUT2D eigenvalue weighted by molar-refractivity contribution is 6.80. The van der Waals surface area contributed by atoms with Gasteiger partial charge in [0, 0.05) is 0 Å². The van der Waals surface area contributed by atoms with Crippen molar-refractivity contribution in [3.63, 3.8) is 0 Å². The van der Waals surface area contributed by atoms with Gasteiger partial charge in [-0.2, -0.15) is 0 Å². The largest absolute Gasteiger partial charge is 0.307 e. The maximum absolute atomic E-state index is 11.7. The Kier molecular flexibility index (Phi) is 3.10. The van der Waals surface area contributed by atoms with Crippen molar-refractivity contribution < 1.29 is 4.79 Å². The zero-order valence-corrected chi connectivity index (χ0v) is 9.09. The molecule has 1 aliphatic heterocycles. The first-order chi connectivity index (χ1) is 6.83. The molecule has 0 aromatic rings. The van der Waals surface area contributed by atoms with Crippen molar-refractivity contribution >= 4 is 13.0 Å². The first-order valence-electron chi connectivity index (χ1n) is 6.06. The van der Waals surface area contributed by atoms with E-state index in [0.717, 1.165) is 13.7 Å². The van der Waals surface area contributed by atoms with Crippen LogP contribution in [-0.4, -0.2) is 13.0 Å². The number of hydrogen-bond acceptors (Lipinski definition) is 1. The molecule has 1 heterocycles. The van der Waals surface area contributed by atoms with Gasteiger partial charge in [-0.3, -0.25) is 0 Å². The third-order valence-corrected chi connectivity index (χ3v) is 3.75. The smallest absolute Gasteiger partial charge is 0.215 e. The zero-order chi connectivity index (χ0) is 9.97.